The van der Waals surface area contributed by atoms with Crippen LogP contribution < -0.4 is 0 Å². The van der Waals surface area contributed by atoms with E-state index in [1.165, 1.54) is 0 Å². The van der Waals surface area contributed by atoms with Crippen LogP contribution in [0.25, 0.3) is 0 Å². The number of nitrogens with zero attached hydrogens (tertiary/aromatic N) is 1. The largest absolute Gasteiger partial charge is 0.558 e. The second-order valence-electron chi connectivity index (χ2n) is 5.64. The molecular weight excluding hydrogens is 215 g/mol. The summed E-state index contributed by atoms with van der Waals surface area (Å²) in [5, 5.41) is 0. The molecule has 0 aliphatic carbocycles. The smallest absolute Gasteiger partial charge is 0.389 e. The van der Waals surface area contributed by atoms with Crippen molar-refractivity contribution in [3.8, 4) is 0 Å². The van der Waals surface area contributed by atoms with E-state index in [9.17, 15) is 8.78 Å². The zero-order valence-electron chi connectivity index (χ0n) is 10.2. The van der Waals surface area contributed by atoms with Crippen LogP contribution in [0.3, 0.4) is 0 Å². The minimum atomic E-state index is -2.61. The van der Waals surface area contributed by atoms with Crippen molar-refractivity contribution in [1.82, 2.24) is 4.81 Å². The second-order valence-corrected chi connectivity index (χ2v) is 5.64. The fourth-order valence-corrected chi connectivity index (χ4v) is 1.90. The highest BCUT2D eigenvalue weighted by atomic mass is 19.3. The van der Waals surface area contributed by atoms with E-state index in [1.54, 1.807) is 4.81 Å². The molecule has 0 bridgehead atoms. The monoisotopic (exact) mass is 233 g/mol. The van der Waals surface area contributed by atoms with E-state index in [0.717, 1.165) is 0 Å². The normalized spacial score (nSPS) is 32.2. The van der Waals surface area contributed by atoms with Crippen LogP contribution in [-0.4, -0.2) is 42.3 Å². The molecule has 0 aromatic rings. The second kappa shape index (κ2) is 3.40. The fraction of sp³-hybridized carbons (Fsp3) is 1.00. The van der Waals surface area contributed by atoms with Gasteiger partial charge in [-0.2, -0.15) is 0 Å². The summed E-state index contributed by atoms with van der Waals surface area (Å²) in [6.07, 6.45) is -0.114. The van der Waals surface area contributed by atoms with Gasteiger partial charge < -0.3 is 9.31 Å². The lowest BCUT2D eigenvalue weighted by molar-refractivity contribution is 0.00578. The number of rotatable bonds is 1. The Balaban J connectivity index is 2.05. The van der Waals surface area contributed by atoms with Crippen LogP contribution in [0.1, 0.15) is 34.1 Å². The Bertz CT molecular complexity index is 281. The molecule has 2 heterocycles. The minimum Gasteiger partial charge on any atom is -0.389 e. The van der Waals surface area contributed by atoms with Crippen molar-refractivity contribution in [2.45, 2.75) is 51.2 Å². The average Bonchev–Trinajstić information content (AvgIpc) is 2.52. The SMILES string of the molecule is CC1(C)OB(N2CCC(F)(F)C2)OC1(C)C. The lowest BCUT2D eigenvalue weighted by atomic mass is 9.90. The van der Waals surface area contributed by atoms with Gasteiger partial charge in [0.05, 0.1) is 17.7 Å². The first kappa shape index (κ1) is 12.3. The Morgan fingerprint density at radius 3 is 1.94 bits per heavy atom. The third-order valence-corrected chi connectivity index (χ3v) is 3.74. The van der Waals surface area contributed by atoms with Crippen LogP contribution in [0.15, 0.2) is 0 Å². The van der Waals surface area contributed by atoms with Gasteiger partial charge in [-0.3, -0.25) is 4.81 Å². The summed E-state index contributed by atoms with van der Waals surface area (Å²) < 4.78 is 37.6. The van der Waals surface area contributed by atoms with E-state index in [-0.39, 0.29) is 13.0 Å². The summed E-state index contributed by atoms with van der Waals surface area (Å²) in [4.78, 5) is 1.57. The van der Waals surface area contributed by atoms with Crippen LogP contribution in [0.5, 0.6) is 0 Å². The first-order valence-corrected chi connectivity index (χ1v) is 5.61. The summed E-state index contributed by atoms with van der Waals surface area (Å²) in [6, 6.07) is 0. The molecule has 0 aromatic heterocycles. The number of hydrogen-bond donors (Lipinski definition) is 0. The van der Waals surface area contributed by atoms with Gasteiger partial charge in [-0.25, -0.2) is 8.78 Å². The van der Waals surface area contributed by atoms with Crippen molar-refractivity contribution >= 4 is 7.25 Å². The molecule has 0 saturated carbocycles. The van der Waals surface area contributed by atoms with Crippen LogP contribution in [0.4, 0.5) is 8.78 Å². The maximum absolute atomic E-state index is 13.1. The number of hydrogen-bond acceptors (Lipinski definition) is 3. The highest BCUT2D eigenvalue weighted by Gasteiger charge is 2.56. The van der Waals surface area contributed by atoms with Gasteiger partial charge in [-0.15, -0.1) is 0 Å². The lowest BCUT2D eigenvalue weighted by Crippen LogP contribution is -2.41. The van der Waals surface area contributed by atoms with Crippen molar-refractivity contribution < 1.29 is 18.1 Å². The molecule has 0 aromatic carbocycles. The molecular formula is C10H18BF2NO2. The zero-order valence-corrected chi connectivity index (χ0v) is 10.2. The molecule has 0 amide bonds. The van der Waals surface area contributed by atoms with E-state index in [2.05, 4.69) is 0 Å². The lowest BCUT2D eigenvalue weighted by Gasteiger charge is -2.32. The van der Waals surface area contributed by atoms with Crippen LogP contribution >= 0.6 is 0 Å². The van der Waals surface area contributed by atoms with E-state index < -0.39 is 24.4 Å². The van der Waals surface area contributed by atoms with Crippen molar-refractivity contribution in [2.75, 3.05) is 13.1 Å². The Kier molecular flexibility index (Phi) is 2.61. The molecule has 0 N–H and O–H groups in total. The highest BCUT2D eigenvalue weighted by Crippen LogP contribution is 2.39. The molecule has 6 heteroatoms. The van der Waals surface area contributed by atoms with Gasteiger partial charge in [0, 0.05) is 6.42 Å². The highest BCUT2D eigenvalue weighted by molar-refractivity contribution is 6.42. The first-order chi connectivity index (χ1) is 7.13. The molecule has 0 radical (unpaired) electrons. The maximum atomic E-state index is 13.1. The zero-order chi connectivity index (χ0) is 12.2. The Labute approximate surface area is 95.2 Å². The third kappa shape index (κ3) is 1.98. The van der Waals surface area contributed by atoms with Gasteiger partial charge >= 0.3 is 7.25 Å². The molecule has 92 valence electrons. The molecule has 2 rings (SSSR count). The molecule has 2 fully saturated rings. The summed E-state index contributed by atoms with van der Waals surface area (Å²) in [5.41, 5.74) is -0.926. The van der Waals surface area contributed by atoms with Crippen molar-refractivity contribution in [3.63, 3.8) is 0 Å². The maximum Gasteiger partial charge on any atom is 0.558 e. The molecule has 16 heavy (non-hydrogen) atoms. The van der Waals surface area contributed by atoms with Crippen LogP contribution in [0.2, 0.25) is 0 Å². The summed E-state index contributed by atoms with van der Waals surface area (Å²) in [6.45, 7) is 7.72. The van der Waals surface area contributed by atoms with Crippen molar-refractivity contribution in [2.24, 2.45) is 0 Å². The number of halogens is 2. The Hall–Kier alpha value is -0.195. The number of alkyl halides is 2. The first-order valence-electron chi connectivity index (χ1n) is 5.61. The predicted octanol–water partition coefficient (Wildman–Crippen LogP) is 1.92. The van der Waals surface area contributed by atoms with Gasteiger partial charge in [0.1, 0.15) is 0 Å². The van der Waals surface area contributed by atoms with Crippen LogP contribution in [0, 0.1) is 0 Å². The fourth-order valence-electron chi connectivity index (χ4n) is 1.90. The Morgan fingerprint density at radius 2 is 1.56 bits per heavy atom. The molecule has 2 aliphatic heterocycles. The molecule has 2 aliphatic rings. The van der Waals surface area contributed by atoms with Crippen molar-refractivity contribution in [3.05, 3.63) is 0 Å². The third-order valence-electron chi connectivity index (χ3n) is 3.74. The summed E-state index contributed by atoms with van der Waals surface area (Å²) in [5.74, 6) is -2.61. The average molecular weight is 233 g/mol. The molecule has 0 unspecified atom stereocenters. The van der Waals surface area contributed by atoms with Crippen LogP contribution in [-0.2, 0) is 9.31 Å². The van der Waals surface area contributed by atoms with Crippen molar-refractivity contribution in [1.29, 1.82) is 0 Å². The Morgan fingerprint density at radius 1 is 1.06 bits per heavy atom. The van der Waals surface area contributed by atoms with Gasteiger partial charge in [-0.05, 0) is 34.2 Å². The minimum absolute atomic E-state index is 0.114. The van der Waals surface area contributed by atoms with E-state index >= 15 is 0 Å². The molecule has 0 spiro atoms. The molecule has 0 atom stereocenters. The van der Waals surface area contributed by atoms with Gasteiger partial charge in [0.2, 0.25) is 0 Å². The van der Waals surface area contributed by atoms with Gasteiger partial charge in [0.25, 0.3) is 5.92 Å². The predicted molar refractivity (Wildman–Crippen MR) is 57.2 cm³/mol. The molecule has 3 nitrogen and oxygen atoms in total. The van der Waals surface area contributed by atoms with Gasteiger partial charge in [-0.1, -0.05) is 0 Å². The standard InChI is InChI=1S/C10H18BF2NO2/c1-8(2)9(3,4)16-11(15-8)14-6-5-10(12,13)7-14/h5-7H2,1-4H3. The molecule has 2 saturated heterocycles. The summed E-state index contributed by atoms with van der Waals surface area (Å²) in [7, 11) is -0.640. The van der Waals surface area contributed by atoms with E-state index in [1.807, 2.05) is 27.7 Å². The quantitative estimate of drug-likeness (QED) is 0.646. The van der Waals surface area contributed by atoms with Gasteiger partial charge in [0.15, 0.2) is 0 Å². The van der Waals surface area contributed by atoms with E-state index in [0.29, 0.717) is 6.54 Å². The summed E-state index contributed by atoms with van der Waals surface area (Å²) >= 11 is 0. The van der Waals surface area contributed by atoms with E-state index in [4.69, 9.17) is 9.31 Å². The topological polar surface area (TPSA) is 21.7 Å².